The van der Waals surface area contributed by atoms with Gasteiger partial charge in [0.1, 0.15) is 0 Å². The Morgan fingerprint density at radius 1 is 0.947 bits per heavy atom. The summed E-state index contributed by atoms with van der Waals surface area (Å²) in [6, 6.07) is 0.863. The Morgan fingerprint density at radius 2 is 1.63 bits per heavy atom. The molecule has 0 aromatic carbocycles. The third-order valence-electron chi connectivity index (χ3n) is 3.01. The van der Waals surface area contributed by atoms with Gasteiger partial charge in [0.05, 0.1) is 13.2 Å². The largest absolute Gasteiger partial charge is 0.385 e. The Kier molecular flexibility index (Phi) is 12.7. The molecule has 1 atom stereocenters. The summed E-state index contributed by atoms with van der Waals surface area (Å²) in [5.74, 6) is 0. The standard InChI is InChI=1S/C14H32N2O3/c1-13(2)15-11-14(12-19-5)16(8-10-18-4)7-6-9-17-3/h13-15H,6-12H2,1-5H3. The number of nitrogens with zero attached hydrogens (tertiary/aromatic N) is 1. The molecule has 0 aliphatic heterocycles. The summed E-state index contributed by atoms with van der Waals surface area (Å²) >= 11 is 0. The number of ether oxygens (including phenoxy) is 3. The number of methoxy groups -OCH3 is 3. The molecule has 0 saturated carbocycles. The Morgan fingerprint density at radius 3 is 2.16 bits per heavy atom. The molecule has 0 aliphatic carbocycles. The van der Waals surface area contributed by atoms with Gasteiger partial charge in [0.2, 0.25) is 0 Å². The van der Waals surface area contributed by atoms with Crippen LogP contribution in [0.2, 0.25) is 0 Å². The monoisotopic (exact) mass is 276 g/mol. The van der Waals surface area contributed by atoms with E-state index in [-0.39, 0.29) is 0 Å². The van der Waals surface area contributed by atoms with Gasteiger partial charge in [-0.2, -0.15) is 0 Å². The molecule has 0 radical (unpaired) electrons. The minimum absolute atomic E-state index is 0.374. The zero-order valence-corrected chi connectivity index (χ0v) is 13.3. The molecule has 0 aromatic heterocycles. The van der Waals surface area contributed by atoms with Crippen molar-refractivity contribution in [1.29, 1.82) is 0 Å². The van der Waals surface area contributed by atoms with Crippen molar-refractivity contribution in [2.24, 2.45) is 0 Å². The van der Waals surface area contributed by atoms with Gasteiger partial charge in [-0.3, -0.25) is 4.90 Å². The Bertz CT molecular complexity index is 192. The molecule has 0 rings (SSSR count). The summed E-state index contributed by atoms with van der Waals surface area (Å²) < 4.78 is 15.7. The highest BCUT2D eigenvalue weighted by Gasteiger charge is 2.18. The lowest BCUT2D eigenvalue weighted by Crippen LogP contribution is -2.48. The molecular weight excluding hydrogens is 244 g/mol. The third-order valence-corrected chi connectivity index (χ3v) is 3.01. The molecule has 0 spiro atoms. The van der Waals surface area contributed by atoms with Gasteiger partial charge in [-0.1, -0.05) is 13.8 Å². The van der Waals surface area contributed by atoms with Crippen LogP contribution < -0.4 is 5.32 Å². The second-order valence-electron chi connectivity index (χ2n) is 5.05. The Hall–Kier alpha value is -0.200. The van der Waals surface area contributed by atoms with Gasteiger partial charge in [-0.15, -0.1) is 0 Å². The first-order chi connectivity index (χ1) is 9.15. The van der Waals surface area contributed by atoms with Crippen LogP contribution >= 0.6 is 0 Å². The van der Waals surface area contributed by atoms with Crippen LogP contribution in [-0.2, 0) is 14.2 Å². The van der Waals surface area contributed by atoms with Gasteiger partial charge >= 0.3 is 0 Å². The van der Waals surface area contributed by atoms with E-state index in [0.717, 1.165) is 45.9 Å². The maximum Gasteiger partial charge on any atom is 0.0630 e. The molecule has 0 heterocycles. The van der Waals surface area contributed by atoms with E-state index in [0.29, 0.717) is 12.1 Å². The van der Waals surface area contributed by atoms with Crippen molar-refractivity contribution in [1.82, 2.24) is 10.2 Å². The summed E-state index contributed by atoms with van der Waals surface area (Å²) in [6.45, 7) is 9.45. The Balaban J connectivity index is 4.32. The molecule has 0 aliphatic rings. The second-order valence-corrected chi connectivity index (χ2v) is 5.05. The third kappa shape index (κ3) is 10.3. The highest BCUT2D eigenvalue weighted by molar-refractivity contribution is 4.75. The lowest BCUT2D eigenvalue weighted by Gasteiger charge is -2.32. The van der Waals surface area contributed by atoms with Gasteiger partial charge in [-0.05, 0) is 6.42 Å². The van der Waals surface area contributed by atoms with Gasteiger partial charge in [0.25, 0.3) is 0 Å². The lowest BCUT2D eigenvalue weighted by molar-refractivity contribution is 0.0597. The topological polar surface area (TPSA) is 43.0 Å². The fourth-order valence-corrected chi connectivity index (χ4v) is 1.96. The molecule has 0 bridgehead atoms. The van der Waals surface area contributed by atoms with Crippen molar-refractivity contribution in [2.75, 3.05) is 60.8 Å². The van der Waals surface area contributed by atoms with E-state index >= 15 is 0 Å². The zero-order chi connectivity index (χ0) is 14.5. The van der Waals surface area contributed by atoms with Gasteiger partial charge in [0.15, 0.2) is 0 Å². The number of hydrogen-bond acceptors (Lipinski definition) is 5. The van der Waals surface area contributed by atoms with Crippen molar-refractivity contribution in [3.8, 4) is 0 Å². The predicted molar refractivity (Wildman–Crippen MR) is 78.7 cm³/mol. The van der Waals surface area contributed by atoms with E-state index in [1.165, 1.54) is 0 Å². The Labute approximate surface area is 118 Å². The molecule has 5 nitrogen and oxygen atoms in total. The maximum atomic E-state index is 5.35. The van der Waals surface area contributed by atoms with Crippen molar-refractivity contribution in [3.63, 3.8) is 0 Å². The van der Waals surface area contributed by atoms with E-state index in [1.54, 1.807) is 21.3 Å². The van der Waals surface area contributed by atoms with Gasteiger partial charge in [-0.25, -0.2) is 0 Å². The minimum Gasteiger partial charge on any atom is -0.385 e. The van der Waals surface area contributed by atoms with Crippen LogP contribution in [-0.4, -0.2) is 77.8 Å². The van der Waals surface area contributed by atoms with Crippen LogP contribution in [0.15, 0.2) is 0 Å². The van der Waals surface area contributed by atoms with Crippen molar-refractivity contribution in [3.05, 3.63) is 0 Å². The second kappa shape index (κ2) is 12.8. The molecular formula is C14H32N2O3. The number of hydrogen-bond donors (Lipinski definition) is 1. The fraction of sp³-hybridized carbons (Fsp3) is 1.00. The van der Waals surface area contributed by atoms with Crippen LogP contribution in [0.25, 0.3) is 0 Å². The fourth-order valence-electron chi connectivity index (χ4n) is 1.96. The molecule has 116 valence electrons. The summed E-state index contributed by atoms with van der Waals surface area (Å²) in [7, 11) is 5.24. The summed E-state index contributed by atoms with van der Waals surface area (Å²) in [4.78, 5) is 2.42. The van der Waals surface area contributed by atoms with Gasteiger partial charge < -0.3 is 19.5 Å². The molecule has 0 aromatic rings. The maximum absolute atomic E-state index is 5.35. The smallest absolute Gasteiger partial charge is 0.0630 e. The van der Waals surface area contributed by atoms with Crippen molar-refractivity contribution in [2.45, 2.75) is 32.4 Å². The summed E-state index contributed by atoms with van der Waals surface area (Å²) in [5, 5.41) is 3.48. The summed E-state index contributed by atoms with van der Waals surface area (Å²) in [5.41, 5.74) is 0. The predicted octanol–water partition coefficient (Wildman–Crippen LogP) is 0.984. The average Bonchev–Trinajstić information content (AvgIpc) is 2.39. The first-order valence-corrected chi connectivity index (χ1v) is 7.09. The van der Waals surface area contributed by atoms with E-state index in [9.17, 15) is 0 Å². The molecule has 1 unspecified atom stereocenters. The molecule has 1 N–H and O–H groups in total. The number of nitrogens with one attached hydrogen (secondary N) is 1. The average molecular weight is 276 g/mol. The van der Waals surface area contributed by atoms with Crippen LogP contribution in [0, 0.1) is 0 Å². The minimum atomic E-state index is 0.374. The van der Waals surface area contributed by atoms with E-state index in [1.807, 2.05) is 0 Å². The highest BCUT2D eigenvalue weighted by atomic mass is 16.5. The molecule has 0 fully saturated rings. The van der Waals surface area contributed by atoms with Crippen LogP contribution in [0.3, 0.4) is 0 Å². The van der Waals surface area contributed by atoms with Crippen LogP contribution in [0.4, 0.5) is 0 Å². The van der Waals surface area contributed by atoms with Gasteiger partial charge in [0, 0.05) is 59.7 Å². The first kappa shape index (κ1) is 18.8. The van der Waals surface area contributed by atoms with E-state index < -0.39 is 0 Å². The molecule has 19 heavy (non-hydrogen) atoms. The quantitative estimate of drug-likeness (QED) is 0.508. The molecule has 5 heteroatoms. The van der Waals surface area contributed by atoms with E-state index in [4.69, 9.17) is 14.2 Å². The first-order valence-electron chi connectivity index (χ1n) is 7.09. The van der Waals surface area contributed by atoms with Crippen LogP contribution in [0.1, 0.15) is 20.3 Å². The summed E-state index contributed by atoms with van der Waals surface area (Å²) in [6.07, 6.45) is 1.03. The van der Waals surface area contributed by atoms with Crippen molar-refractivity contribution >= 4 is 0 Å². The lowest BCUT2D eigenvalue weighted by atomic mass is 10.2. The SMILES string of the molecule is COCCCN(CCOC)C(CNC(C)C)COC. The number of rotatable bonds is 13. The van der Waals surface area contributed by atoms with E-state index in [2.05, 4.69) is 24.1 Å². The highest BCUT2D eigenvalue weighted by Crippen LogP contribution is 2.02. The molecule has 0 amide bonds. The van der Waals surface area contributed by atoms with Crippen molar-refractivity contribution < 1.29 is 14.2 Å². The van der Waals surface area contributed by atoms with Crippen LogP contribution in [0.5, 0.6) is 0 Å². The molecule has 0 saturated heterocycles. The zero-order valence-electron chi connectivity index (χ0n) is 13.3. The normalized spacial score (nSPS) is 13.4.